The first kappa shape index (κ1) is 26.0. The molecular formula is C22H38IN3O3. The highest BCUT2D eigenvalue weighted by atomic mass is 127. The Labute approximate surface area is 193 Å². The van der Waals surface area contributed by atoms with Crippen LogP contribution >= 0.6 is 24.0 Å². The number of aryl methyl sites for hydroxylation is 1. The van der Waals surface area contributed by atoms with Crippen molar-refractivity contribution in [2.24, 2.45) is 10.4 Å². The molecular weight excluding hydrogens is 481 g/mol. The lowest BCUT2D eigenvalue weighted by Gasteiger charge is -2.19. The fraction of sp³-hybridized carbons (Fsp3) is 0.682. The molecule has 1 aromatic carbocycles. The number of aliphatic imine (C=N–C) groups is 1. The van der Waals surface area contributed by atoms with Crippen molar-refractivity contribution in [3.63, 3.8) is 0 Å². The van der Waals surface area contributed by atoms with Crippen LogP contribution in [0, 0.1) is 12.3 Å². The van der Waals surface area contributed by atoms with Crippen LogP contribution in [0.5, 0.6) is 5.75 Å². The first-order chi connectivity index (χ1) is 13.6. The van der Waals surface area contributed by atoms with Gasteiger partial charge in [0.05, 0.1) is 6.61 Å². The summed E-state index contributed by atoms with van der Waals surface area (Å²) in [6.45, 7) is 11.2. The van der Waals surface area contributed by atoms with Gasteiger partial charge in [-0.25, -0.2) is 0 Å². The molecule has 0 radical (unpaired) electrons. The summed E-state index contributed by atoms with van der Waals surface area (Å²) in [7, 11) is 1.81. The molecule has 2 N–H and O–H groups in total. The molecule has 0 heterocycles. The molecule has 1 aliphatic rings. The Kier molecular flexibility index (Phi) is 12.6. The zero-order valence-corrected chi connectivity index (χ0v) is 20.7. The molecule has 0 aromatic heterocycles. The number of halogens is 1. The number of hydrogen-bond acceptors (Lipinski definition) is 4. The van der Waals surface area contributed by atoms with Crippen molar-refractivity contribution < 1.29 is 14.2 Å². The van der Waals surface area contributed by atoms with Crippen LogP contribution in [0.2, 0.25) is 0 Å². The van der Waals surface area contributed by atoms with Crippen LogP contribution in [-0.2, 0) is 16.0 Å². The maximum Gasteiger partial charge on any atom is 0.191 e. The van der Waals surface area contributed by atoms with Crippen molar-refractivity contribution in [1.82, 2.24) is 10.6 Å². The Bertz CT molecular complexity index is 621. The monoisotopic (exact) mass is 519 g/mol. The van der Waals surface area contributed by atoms with Gasteiger partial charge in [0.15, 0.2) is 5.96 Å². The molecule has 0 atom stereocenters. The summed E-state index contributed by atoms with van der Waals surface area (Å²) in [6, 6.07) is 6.29. The van der Waals surface area contributed by atoms with E-state index in [0.717, 1.165) is 43.5 Å². The lowest BCUT2D eigenvalue weighted by Crippen LogP contribution is -2.40. The normalized spacial score (nSPS) is 14.8. The van der Waals surface area contributed by atoms with Crippen molar-refractivity contribution in [2.45, 2.75) is 46.6 Å². The van der Waals surface area contributed by atoms with Crippen LogP contribution in [0.3, 0.4) is 0 Å². The molecule has 0 amide bonds. The van der Waals surface area contributed by atoms with Crippen molar-refractivity contribution >= 4 is 29.9 Å². The second kappa shape index (κ2) is 14.0. The van der Waals surface area contributed by atoms with Crippen LogP contribution in [0.1, 0.15) is 44.2 Å². The van der Waals surface area contributed by atoms with E-state index in [1.807, 2.05) is 20.9 Å². The topological polar surface area (TPSA) is 64.1 Å². The zero-order chi connectivity index (χ0) is 20.2. The second-order valence-corrected chi connectivity index (χ2v) is 7.38. The van der Waals surface area contributed by atoms with E-state index in [9.17, 15) is 0 Å². The van der Waals surface area contributed by atoms with Gasteiger partial charge in [-0.15, -0.1) is 24.0 Å². The number of rotatable bonds is 13. The molecule has 0 unspecified atom stereocenters. The maximum atomic E-state index is 5.93. The van der Waals surface area contributed by atoms with Gasteiger partial charge in [0.2, 0.25) is 0 Å². The van der Waals surface area contributed by atoms with E-state index >= 15 is 0 Å². The van der Waals surface area contributed by atoms with Gasteiger partial charge in [-0.2, -0.15) is 0 Å². The number of ether oxygens (including phenoxy) is 3. The average Bonchev–Trinajstić information content (AvgIpc) is 3.47. The van der Waals surface area contributed by atoms with Crippen molar-refractivity contribution in [1.29, 1.82) is 0 Å². The molecule has 0 aliphatic heterocycles. The van der Waals surface area contributed by atoms with E-state index in [0.29, 0.717) is 31.8 Å². The predicted molar refractivity (Wildman–Crippen MR) is 130 cm³/mol. The lowest BCUT2D eigenvalue weighted by atomic mass is 10.0. The first-order valence-electron chi connectivity index (χ1n) is 10.4. The molecule has 1 aromatic rings. The fourth-order valence-electron chi connectivity index (χ4n) is 3.09. The first-order valence-corrected chi connectivity index (χ1v) is 10.4. The molecule has 166 valence electrons. The van der Waals surface area contributed by atoms with Gasteiger partial charge in [-0.3, -0.25) is 4.99 Å². The van der Waals surface area contributed by atoms with Gasteiger partial charge >= 0.3 is 0 Å². The standard InChI is InChI=1S/C22H37N3O3.HI/c1-5-26-12-11-22(9-10-22)17-25-21(23-4)24-16-19-8-7-18(3)15-20(19)28-14-13-27-6-2;/h7-8,15H,5-6,9-14,16-17H2,1-4H3,(H2,23,24,25);1H. The number of guanidine groups is 1. The highest BCUT2D eigenvalue weighted by molar-refractivity contribution is 14.0. The molecule has 2 rings (SSSR count). The summed E-state index contributed by atoms with van der Waals surface area (Å²) in [5, 5.41) is 6.89. The fourth-order valence-corrected chi connectivity index (χ4v) is 3.09. The summed E-state index contributed by atoms with van der Waals surface area (Å²) >= 11 is 0. The molecule has 7 heteroatoms. The highest BCUT2D eigenvalue weighted by Crippen LogP contribution is 2.48. The largest absolute Gasteiger partial charge is 0.491 e. The Hall–Kier alpha value is -1.06. The third-order valence-electron chi connectivity index (χ3n) is 5.15. The minimum Gasteiger partial charge on any atom is -0.491 e. The van der Waals surface area contributed by atoms with Gasteiger partial charge in [0, 0.05) is 45.5 Å². The molecule has 1 saturated carbocycles. The third-order valence-corrected chi connectivity index (χ3v) is 5.15. The van der Waals surface area contributed by atoms with Gasteiger partial charge < -0.3 is 24.8 Å². The van der Waals surface area contributed by atoms with Gasteiger partial charge in [-0.1, -0.05) is 12.1 Å². The van der Waals surface area contributed by atoms with Crippen LogP contribution in [0.4, 0.5) is 0 Å². The number of hydrogen-bond donors (Lipinski definition) is 2. The number of benzene rings is 1. The maximum absolute atomic E-state index is 5.93. The van der Waals surface area contributed by atoms with Crippen LogP contribution in [0.25, 0.3) is 0 Å². The Morgan fingerprint density at radius 1 is 1.07 bits per heavy atom. The van der Waals surface area contributed by atoms with Gasteiger partial charge in [0.1, 0.15) is 12.4 Å². The van der Waals surface area contributed by atoms with Crippen LogP contribution in [-0.4, -0.2) is 52.6 Å². The summed E-state index contributed by atoms with van der Waals surface area (Å²) in [4.78, 5) is 4.37. The van der Waals surface area contributed by atoms with Crippen molar-refractivity contribution in [3.05, 3.63) is 29.3 Å². The van der Waals surface area contributed by atoms with E-state index in [4.69, 9.17) is 14.2 Å². The Balaban J connectivity index is 0.00000420. The smallest absolute Gasteiger partial charge is 0.191 e. The molecule has 0 saturated heterocycles. The van der Waals surface area contributed by atoms with Crippen molar-refractivity contribution in [2.75, 3.05) is 46.6 Å². The van der Waals surface area contributed by atoms with E-state index in [1.165, 1.54) is 18.4 Å². The molecule has 1 fully saturated rings. The molecule has 1 aliphatic carbocycles. The van der Waals surface area contributed by atoms with Crippen molar-refractivity contribution in [3.8, 4) is 5.75 Å². The van der Waals surface area contributed by atoms with E-state index in [2.05, 4.69) is 40.7 Å². The summed E-state index contributed by atoms with van der Waals surface area (Å²) in [5.41, 5.74) is 2.68. The highest BCUT2D eigenvalue weighted by Gasteiger charge is 2.41. The van der Waals surface area contributed by atoms with Crippen LogP contribution < -0.4 is 15.4 Å². The molecule has 6 nitrogen and oxygen atoms in total. The van der Waals surface area contributed by atoms with E-state index in [-0.39, 0.29) is 24.0 Å². The number of nitrogens with zero attached hydrogens (tertiary/aromatic N) is 1. The quantitative estimate of drug-likeness (QED) is 0.179. The van der Waals surface area contributed by atoms with E-state index < -0.39 is 0 Å². The molecule has 29 heavy (non-hydrogen) atoms. The zero-order valence-electron chi connectivity index (χ0n) is 18.4. The second-order valence-electron chi connectivity index (χ2n) is 7.38. The minimum absolute atomic E-state index is 0. The summed E-state index contributed by atoms with van der Waals surface area (Å²) < 4.78 is 16.8. The Morgan fingerprint density at radius 3 is 2.45 bits per heavy atom. The average molecular weight is 519 g/mol. The Morgan fingerprint density at radius 2 is 1.79 bits per heavy atom. The SMILES string of the molecule is CCOCCOc1cc(C)ccc1CNC(=NC)NCC1(CCOCC)CC1.I. The van der Waals surface area contributed by atoms with E-state index in [1.54, 1.807) is 0 Å². The van der Waals surface area contributed by atoms with Gasteiger partial charge in [0.25, 0.3) is 0 Å². The molecule has 0 bridgehead atoms. The third kappa shape index (κ3) is 9.53. The number of nitrogens with one attached hydrogen (secondary N) is 2. The van der Waals surface area contributed by atoms with Crippen LogP contribution in [0.15, 0.2) is 23.2 Å². The lowest BCUT2D eigenvalue weighted by molar-refractivity contribution is 0.110. The molecule has 0 spiro atoms. The summed E-state index contributed by atoms with van der Waals surface area (Å²) in [5.74, 6) is 1.72. The summed E-state index contributed by atoms with van der Waals surface area (Å²) in [6.07, 6.45) is 3.64. The van der Waals surface area contributed by atoms with Gasteiger partial charge in [-0.05, 0) is 57.1 Å². The minimum atomic E-state index is 0. The predicted octanol–water partition coefficient (Wildman–Crippen LogP) is 3.90.